The van der Waals surface area contributed by atoms with E-state index in [4.69, 9.17) is 5.73 Å². The molecular weight excluding hydrogens is 745 g/mol. The van der Waals surface area contributed by atoms with Crippen LogP contribution in [0.3, 0.4) is 0 Å². The Bertz CT molecular complexity index is 1940. The molecule has 1 aliphatic rings. The van der Waals surface area contributed by atoms with Crippen molar-refractivity contribution in [1.29, 1.82) is 0 Å². The van der Waals surface area contributed by atoms with Crippen molar-refractivity contribution in [1.82, 2.24) is 25.5 Å². The lowest BCUT2D eigenvalue weighted by atomic mass is 9.81. The minimum atomic E-state index is -5.85. The molecule has 55 heavy (non-hydrogen) atoms. The summed E-state index contributed by atoms with van der Waals surface area (Å²) in [5.41, 5.74) is 9.64. The molecule has 0 radical (unpaired) electrons. The first-order valence-corrected chi connectivity index (χ1v) is 17.9. The molecule has 0 saturated heterocycles. The van der Waals surface area contributed by atoms with Crippen molar-refractivity contribution in [3.63, 3.8) is 0 Å². The third-order valence-electron chi connectivity index (χ3n) is 9.85. The van der Waals surface area contributed by atoms with Crippen LogP contribution in [-0.4, -0.2) is 78.5 Å². The largest absolute Gasteiger partial charge is 0.461 e. The van der Waals surface area contributed by atoms with Crippen LogP contribution in [0.5, 0.6) is 0 Å². The SMILES string of the molecule is Cc1cc(C(=O)NCCCN(C)C)ccc1-c1ccc(C[C@H](NC(=O)[C@H]2CC[C@H](CN)CC2)C(=O)Nc2ccc3[nH]c(C(F)(F)C(F)(F)F)nc3c2)cc1.Cl. The number of nitrogens with one attached hydrogen (secondary N) is 4. The van der Waals surface area contributed by atoms with E-state index in [2.05, 4.69) is 25.8 Å². The van der Waals surface area contributed by atoms with Crippen LogP contribution in [0, 0.1) is 18.8 Å². The number of nitrogens with two attached hydrogens (primary N) is 1. The van der Waals surface area contributed by atoms with Crippen LogP contribution in [0.2, 0.25) is 0 Å². The Morgan fingerprint density at radius 2 is 1.65 bits per heavy atom. The van der Waals surface area contributed by atoms with Gasteiger partial charge in [-0.25, -0.2) is 4.98 Å². The average molecular weight is 792 g/mol. The van der Waals surface area contributed by atoms with Gasteiger partial charge in [-0.1, -0.05) is 30.3 Å². The second-order valence-electron chi connectivity index (χ2n) is 14.2. The molecule has 5 rings (SSSR count). The van der Waals surface area contributed by atoms with Gasteiger partial charge in [0.1, 0.15) is 6.04 Å². The number of H-pyrrole nitrogens is 1. The summed E-state index contributed by atoms with van der Waals surface area (Å²) in [6.07, 6.45) is -2.04. The molecule has 1 heterocycles. The number of alkyl halides is 5. The number of hydrogen-bond donors (Lipinski definition) is 5. The van der Waals surface area contributed by atoms with Gasteiger partial charge in [0.25, 0.3) is 5.91 Å². The van der Waals surface area contributed by atoms with Gasteiger partial charge in [0.2, 0.25) is 11.8 Å². The zero-order chi connectivity index (χ0) is 39.2. The van der Waals surface area contributed by atoms with Crippen LogP contribution in [0.1, 0.15) is 59.4 Å². The monoisotopic (exact) mass is 791 g/mol. The number of imidazole rings is 1. The van der Waals surface area contributed by atoms with E-state index in [0.29, 0.717) is 37.4 Å². The highest BCUT2D eigenvalue weighted by atomic mass is 35.5. The van der Waals surface area contributed by atoms with E-state index in [9.17, 15) is 36.3 Å². The molecule has 3 aromatic carbocycles. The summed E-state index contributed by atoms with van der Waals surface area (Å²) in [4.78, 5) is 47.3. The van der Waals surface area contributed by atoms with Gasteiger partial charge in [-0.2, -0.15) is 22.0 Å². The standard InChI is InChI=1S/C39H46F5N7O3.ClH/c1-23-19-28(34(52)46-17-4-18-51(2)3)13-15-30(23)26-9-5-24(6-10-26)20-33(48-35(53)27-11-7-25(22-45)8-12-27)36(54)47-29-14-16-31-32(21-29)50-37(49-31)38(40,41)39(42,43)44;/h5-6,9-10,13-16,19,21,25,27,33H,4,7-8,11-12,17-18,20,22,45H2,1-3H3,(H,46,52)(H,47,54)(H,48,53)(H,49,50);1H/t25-,27-,33-;/m0./s1. The first-order valence-electron chi connectivity index (χ1n) is 17.9. The average Bonchev–Trinajstić information content (AvgIpc) is 3.57. The topological polar surface area (TPSA) is 145 Å². The van der Waals surface area contributed by atoms with Crippen LogP contribution in [0.4, 0.5) is 27.6 Å². The summed E-state index contributed by atoms with van der Waals surface area (Å²) in [7, 11) is 3.96. The highest BCUT2D eigenvalue weighted by molar-refractivity contribution is 5.99. The summed E-state index contributed by atoms with van der Waals surface area (Å²) < 4.78 is 66.7. The van der Waals surface area contributed by atoms with Gasteiger partial charge in [-0.05, 0) is 125 Å². The van der Waals surface area contributed by atoms with Crippen LogP contribution in [-0.2, 0) is 21.9 Å². The lowest BCUT2D eigenvalue weighted by Crippen LogP contribution is -2.48. The second kappa shape index (κ2) is 18.4. The number of rotatable bonds is 14. The zero-order valence-corrected chi connectivity index (χ0v) is 31.7. The van der Waals surface area contributed by atoms with E-state index in [1.54, 1.807) is 6.07 Å². The minimum absolute atomic E-state index is 0. The van der Waals surface area contributed by atoms with Crippen LogP contribution in [0.15, 0.2) is 60.7 Å². The molecule has 10 nitrogen and oxygen atoms in total. The number of halogens is 6. The number of aromatic amines is 1. The maximum absolute atomic E-state index is 13.9. The van der Waals surface area contributed by atoms with Crippen molar-refractivity contribution in [3.05, 3.63) is 83.2 Å². The number of amides is 3. The van der Waals surface area contributed by atoms with Gasteiger partial charge in [-0.3, -0.25) is 14.4 Å². The summed E-state index contributed by atoms with van der Waals surface area (Å²) in [6, 6.07) is 15.7. The number of benzene rings is 3. The number of carbonyl (C=O) groups is 3. The maximum atomic E-state index is 13.9. The maximum Gasteiger partial charge on any atom is 0.461 e. The van der Waals surface area contributed by atoms with Gasteiger partial charge < -0.3 is 31.6 Å². The molecule has 1 fully saturated rings. The smallest absolute Gasteiger partial charge is 0.352 e. The lowest BCUT2D eigenvalue weighted by molar-refractivity contribution is -0.292. The molecule has 16 heteroatoms. The predicted molar refractivity (Wildman–Crippen MR) is 204 cm³/mol. The van der Waals surface area contributed by atoms with Gasteiger partial charge in [0, 0.05) is 30.1 Å². The molecule has 1 atom stereocenters. The van der Waals surface area contributed by atoms with Crippen molar-refractivity contribution in [2.45, 2.75) is 63.6 Å². The van der Waals surface area contributed by atoms with E-state index in [1.165, 1.54) is 18.2 Å². The zero-order valence-electron chi connectivity index (χ0n) is 30.9. The summed E-state index contributed by atoms with van der Waals surface area (Å²) in [5, 5.41) is 8.51. The fourth-order valence-electron chi connectivity index (χ4n) is 6.64. The minimum Gasteiger partial charge on any atom is -0.352 e. The molecule has 0 bridgehead atoms. The molecular formula is C39H47ClF5N7O3. The number of hydrogen-bond acceptors (Lipinski definition) is 6. The van der Waals surface area contributed by atoms with Crippen LogP contribution >= 0.6 is 12.4 Å². The summed E-state index contributed by atoms with van der Waals surface area (Å²) in [6.45, 7) is 3.90. The van der Waals surface area contributed by atoms with Gasteiger partial charge in [-0.15, -0.1) is 12.4 Å². The fraction of sp³-hybridized carbons (Fsp3) is 0.436. The number of fused-ring (bicyclic) bond motifs is 1. The van der Waals surface area contributed by atoms with E-state index < -0.39 is 29.9 Å². The van der Waals surface area contributed by atoms with Crippen LogP contribution < -0.4 is 21.7 Å². The van der Waals surface area contributed by atoms with Crippen molar-refractivity contribution < 1.29 is 36.3 Å². The Hall–Kier alpha value is -4.60. The molecule has 1 aromatic heterocycles. The molecule has 1 saturated carbocycles. The Morgan fingerprint density at radius 3 is 2.27 bits per heavy atom. The summed E-state index contributed by atoms with van der Waals surface area (Å²) >= 11 is 0. The Labute approximate surface area is 322 Å². The lowest BCUT2D eigenvalue weighted by Gasteiger charge is -2.28. The molecule has 1 aliphatic carbocycles. The van der Waals surface area contributed by atoms with E-state index in [1.807, 2.05) is 62.4 Å². The molecule has 4 aromatic rings. The molecule has 298 valence electrons. The Balaban J connectivity index is 0.00000673. The van der Waals surface area contributed by atoms with Gasteiger partial charge in [0.05, 0.1) is 11.0 Å². The van der Waals surface area contributed by atoms with Crippen molar-refractivity contribution in [2.75, 3.05) is 39.0 Å². The third kappa shape index (κ3) is 10.8. The van der Waals surface area contributed by atoms with Gasteiger partial charge in [0.15, 0.2) is 5.82 Å². The van der Waals surface area contributed by atoms with E-state index >= 15 is 0 Å². The predicted octanol–water partition coefficient (Wildman–Crippen LogP) is 6.73. The van der Waals surface area contributed by atoms with Crippen molar-refractivity contribution in [2.24, 2.45) is 17.6 Å². The fourth-order valence-corrected chi connectivity index (χ4v) is 6.64. The number of aryl methyl sites for hydroxylation is 1. The quantitative estimate of drug-likeness (QED) is 0.0708. The van der Waals surface area contributed by atoms with Crippen molar-refractivity contribution >= 4 is 46.8 Å². The summed E-state index contributed by atoms with van der Waals surface area (Å²) in [5.74, 6) is -7.75. The number of aromatic nitrogens is 2. The molecule has 0 spiro atoms. The Morgan fingerprint density at radius 1 is 0.964 bits per heavy atom. The van der Waals surface area contributed by atoms with Crippen molar-refractivity contribution in [3.8, 4) is 11.1 Å². The Kier molecular flexibility index (Phi) is 14.4. The van der Waals surface area contributed by atoms with E-state index in [0.717, 1.165) is 48.1 Å². The van der Waals surface area contributed by atoms with E-state index in [-0.39, 0.29) is 53.3 Å². The molecule has 3 amide bonds. The second-order valence-corrected chi connectivity index (χ2v) is 14.2. The first-order chi connectivity index (χ1) is 25.5. The third-order valence-corrected chi connectivity index (χ3v) is 9.85. The molecule has 0 aliphatic heterocycles. The number of anilines is 1. The highest BCUT2D eigenvalue weighted by Crippen LogP contribution is 2.43. The highest BCUT2D eigenvalue weighted by Gasteiger charge is 2.61. The van der Waals surface area contributed by atoms with Crippen LogP contribution in [0.25, 0.3) is 22.2 Å². The number of nitrogens with zero attached hydrogens (tertiary/aromatic N) is 2. The normalized spacial score (nSPS) is 16.7. The molecule has 6 N–H and O–H groups in total. The molecule has 0 unspecified atom stereocenters. The first kappa shape index (κ1) is 43.1. The van der Waals surface area contributed by atoms with Gasteiger partial charge >= 0.3 is 12.1 Å². The number of carbonyl (C=O) groups excluding carboxylic acids is 3.